The summed E-state index contributed by atoms with van der Waals surface area (Å²) < 4.78 is 0. The highest BCUT2D eigenvalue weighted by Crippen LogP contribution is 2.48. The number of fused-ring (bicyclic) bond motifs is 1. The van der Waals surface area contributed by atoms with Gasteiger partial charge in [-0.2, -0.15) is 0 Å². The van der Waals surface area contributed by atoms with Gasteiger partial charge in [-0.25, -0.2) is 0 Å². The standard InChI is InChI=1S/C18H18N2/c1-2-4-15(5-3-1)18(9-10-18)13-20-16-6-7-17-14(12-16)8-11-19-17/h1-8,11-12,19-20H,9-10,13H2. The smallest absolute Gasteiger partial charge is 0.0455 e. The van der Waals surface area contributed by atoms with Crippen molar-refractivity contribution < 1.29 is 0 Å². The first-order valence-corrected chi connectivity index (χ1v) is 7.22. The topological polar surface area (TPSA) is 27.8 Å². The van der Waals surface area contributed by atoms with Crippen LogP contribution in [0.3, 0.4) is 0 Å². The van der Waals surface area contributed by atoms with Crippen LogP contribution in [0.1, 0.15) is 18.4 Å². The lowest BCUT2D eigenvalue weighted by Gasteiger charge is -2.17. The molecule has 1 saturated carbocycles. The van der Waals surface area contributed by atoms with Crippen molar-refractivity contribution in [2.24, 2.45) is 0 Å². The molecule has 100 valence electrons. The zero-order valence-corrected chi connectivity index (χ0v) is 11.4. The van der Waals surface area contributed by atoms with Crippen molar-refractivity contribution in [3.63, 3.8) is 0 Å². The van der Waals surface area contributed by atoms with E-state index >= 15 is 0 Å². The van der Waals surface area contributed by atoms with Crippen molar-refractivity contribution in [2.75, 3.05) is 11.9 Å². The molecule has 1 aliphatic carbocycles. The molecule has 2 aromatic carbocycles. The molecule has 2 N–H and O–H groups in total. The summed E-state index contributed by atoms with van der Waals surface area (Å²) in [7, 11) is 0. The molecule has 2 heteroatoms. The summed E-state index contributed by atoms with van der Waals surface area (Å²) >= 11 is 0. The Hall–Kier alpha value is -2.22. The fraction of sp³-hybridized carbons (Fsp3) is 0.222. The summed E-state index contributed by atoms with van der Waals surface area (Å²) in [6.07, 6.45) is 4.56. The monoisotopic (exact) mass is 262 g/mol. The van der Waals surface area contributed by atoms with Gasteiger partial charge in [-0.05, 0) is 42.7 Å². The normalized spacial score (nSPS) is 16.2. The summed E-state index contributed by atoms with van der Waals surface area (Å²) in [4.78, 5) is 3.23. The van der Waals surface area contributed by atoms with Crippen LogP contribution in [0.15, 0.2) is 60.8 Å². The summed E-state index contributed by atoms with van der Waals surface area (Å²) in [5.41, 5.74) is 4.23. The number of benzene rings is 2. The molecule has 4 rings (SSSR count). The number of rotatable bonds is 4. The Morgan fingerprint density at radius 1 is 1.00 bits per heavy atom. The number of hydrogen-bond acceptors (Lipinski definition) is 1. The molecule has 1 aromatic heterocycles. The first kappa shape index (κ1) is 11.6. The maximum atomic E-state index is 3.61. The SMILES string of the molecule is c1ccc(C2(CNc3ccc4[nH]ccc4c3)CC2)cc1. The van der Waals surface area contributed by atoms with E-state index in [2.05, 4.69) is 64.9 Å². The van der Waals surface area contributed by atoms with Crippen LogP contribution in [-0.2, 0) is 5.41 Å². The number of anilines is 1. The van der Waals surface area contributed by atoms with Crippen LogP contribution in [0, 0.1) is 0 Å². The van der Waals surface area contributed by atoms with E-state index in [0.29, 0.717) is 5.41 Å². The third kappa shape index (κ3) is 1.97. The van der Waals surface area contributed by atoms with Crippen LogP contribution < -0.4 is 5.32 Å². The van der Waals surface area contributed by atoms with Crippen LogP contribution >= 0.6 is 0 Å². The predicted molar refractivity (Wildman–Crippen MR) is 84.1 cm³/mol. The van der Waals surface area contributed by atoms with E-state index in [1.54, 1.807) is 0 Å². The third-order valence-corrected chi connectivity index (χ3v) is 4.42. The highest BCUT2D eigenvalue weighted by atomic mass is 14.9. The second-order valence-electron chi connectivity index (χ2n) is 5.78. The summed E-state index contributed by atoms with van der Waals surface area (Å²) in [5.74, 6) is 0. The fourth-order valence-electron chi connectivity index (χ4n) is 2.94. The van der Waals surface area contributed by atoms with E-state index in [1.165, 1.54) is 35.0 Å². The average Bonchev–Trinajstić information content (AvgIpc) is 3.16. The molecule has 1 aliphatic rings. The summed E-state index contributed by atoms with van der Waals surface area (Å²) in [5, 5.41) is 4.88. The maximum Gasteiger partial charge on any atom is 0.0455 e. The zero-order valence-electron chi connectivity index (χ0n) is 11.4. The van der Waals surface area contributed by atoms with Crippen LogP contribution in [0.5, 0.6) is 0 Å². The van der Waals surface area contributed by atoms with Crippen molar-refractivity contribution in [3.8, 4) is 0 Å². The van der Waals surface area contributed by atoms with Crippen molar-refractivity contribution in [3.05, 3.63) is 66.4 Å². The lowest BCUT2D eigenvalue weighted by atomic mass is 9.96. The van der Waals surface area contributed by atoms with E-state index in [0.717, 1.165) is 6.54 Å². The lowest BCUT2D eigenvalue weighted by Crippen LogP contribution is -2.19. The van der Waals surface area contributed by atoms with E-state index in [4.69, 9.17) is 0 Å². The summed E-state index contributed by atoms with van der Waals surface area (Å²) in [6.45, 7) is 1.02. The highest BCUT2D eigenvalue weighted by molar-refractivity contribution is 5.83. The van der Waals surface area contributed by atoms with Gasteiger partial charge in [0.15, 0.2) is 0 Å². The molecule has 0 bridgehead atoms. The van der Waals surface area contributed by atoms with Crippen molar-refractivity contribution in [1.82, 2.24) is 4.98 Å². The minimum Gasteiger partial charge on any atom is -0.384 e. The molecule has 0 amide bonds. The number of H-pyrrole nitrogens is 1. The highest BCUT2D eigenvalue weighted by Gasteiger charge is 2.43. The second-order valence-corrected chi connectivity index (χ2v) is 5.78. The molecule has 0 aliphatic heterocycles. The Kier molecular flexibility index (Phi) is 2.56. The molecule has 0 unspecified atom stereocenters. The van der Waals surface area contributed by atoms with Gasteiger partial charge >= 0.3 is 0 Å². The largest absolute Gasteiger partial charge is 0.384 e. The van der Waals surface area contributed by atoms with E-state index in [9.17, 15) is 0 Å². The molecule has 0 atom stereocenters. The number of nitrogens with one attached hydrogen (secondary N) is 2. The Morgan fingerprint density at radius 2 is 1.85 bits per heavy atom. The average molecular weight is 262 g/mol. The Labute approximate surface area is 118 Å². The molecule has 20 heavy (non-hydrogen) atoms. The fourth-order valence-corrected chi connectivity index (χ4v) is 2.94. The maximum absolute atomic E-state index is 3.61. The molecule has 3 aromatic rings. The Morgan fingerprint density at radius 3 is 2.65 bits per heavy atom. The first-order chi connectivity index (χ1) is 9.86. The number of aromatic amines is 1. The molecule has 1 heterocycles. The van der Waals surface area contributed by atoms with Crippen molar-refractivity contribution in [2.45, 2.75) is 18.3 Å². The van der Waals surface area contributed by atoms with Gasteiger partial charge in [-0.3, -0.25) is 0 Å². The van der Waals surface area contributed by atoms with Crippen LogP contribution in [-0.4, -0.2) is 11.5 Å². The zero-order chi connectivity index (χ0) is 13.4. The molecular weight excluding hydrogens is 244 g/mol. The molecular formula is C18H18N2. The van der Waals surface area contributed by atoms with Crippen molar-refractivity contribution >= 4 is 16.6 Å². The van der Waals surface area contributed by atoms with Gasteiger partial charge in [-0.15, -0.1) is 0 Å². The molecule has 0 spiro atoms. The summed E-state index contributed by atoms with van der Waals surface area (Å²) in [6, 6.07) is 19.5. The number of aromatic nitrogens is 1. The second kappa shape index (κ2) is 4.41. The molecule has 1 fully saturated rings. The number of hydrogen-bond donors (Lipinski definition) is 2. The van der Waals surface area contributed by atoms with Crippen molar-refractivity contribution in [1.29, 1.82) is 0 Å². The molecule has 2 nitrogen and oxygen atoms in total. The molecule has 0 radical (unpaired) electrons. The van der Waals surface area contributed by atoms with Gasteiger partial charge in [-0.1, -0.05) is 30.3 Å². The molecule has 0 saturated heterocycles. The minimum atomic E-state index is 0.356. The third-order valence-electron chi connectivity index (χ3n) is 4.42. The van der Waals surface area contributed by atoms with Gasteiger partial charge in [0.05, 0.1) is 0 Å². The van der Waals surface area contributed by atoms with Gasteiger partial charge in [0.25, 0.3) is 0 Å². The van der Waals surface area contributed by atoms with Crippen LogP contribution in [0.25, 0.3) is 10.9 Å². The minimum absolute atomic E-state index is 0.356. The lowest BCUT2D eigenvalue weighted by molar-refractivity contribution is 0.733. The van der Waals surface area contributed by atoms with Gasteiger partial charge in [0, 0.05) is 34.7 Å². The first-order valence-electron chi connectivity index (χ1n) is 7.22. The Balaban J connectivity index is 1.52. The quantitative estimate of drug-likeness (QED) is 0.720. The van der Waals surface area contributed by atoms with Crippen LogP contribution in [0.4, 0.5) is 5.69 Å². The van der Waals surface area contributed by atoms with Gasteiger partial charge in [0.1, 0.15) is 0 Å². The van der Waals surface area contributed by atoms with E-state index < -0.39 is 0 Å². The Bertz CT molecular complexity index is 723. The predicted octanol–water partition coefficient (Wildman–Crippen LogP) is 4.31. The van der Waals surface area contributed by atoms with Gasteiger partial charge < -0.3 is 10.3 Å². The van der Waals surface area contributed by atoms with E-state index in [-0.39, 0.29) is 0 Å². The van der Waals surface area contributed by atoms with E-state index in [1.807, 2.05) is 6.20 Å². The van der Waals surface area contributed by atoms with Crippen LogP contribution in [0.2, 0.25) is 0 Å². The van der Waals surface area contributed by atoms with Gasteiger partial charge in [0.2, 0.25) is 0 Å².